The van der Waals surface area contributed by atoms with Crippen molar-refractivity contribution >= 4 is 17.8 Å². The zero-order chi connectivity index (χ0) is 22.2. The molecule has 0 aromatic heterocycles. The number of carbonyl (C=O) groups is 2. The van der Waals surface area contributed by atoms with E-state index < -0.39 is 5.97 Å². The molecule has 6 heteroatoms. The molecule has 3 rings (SSSR count). The van der Waals surface area contributed by atoms with Crippen LogP contribution in [0.15, 0.2) is 72.8 Å². The molecule has 0 aliphatic heterocycles. The quantitative estimate of drug-likeness (QED) is 0.226. The lowest BCUT2D eigenvalue weighted by molar-refractivity contribution is 0.0733. The molecule has 0 bridgehead atoms. The van der Waals surface area contributed by atoms with Gasteiger partial charge in [-0.2, -0.15) is 0 Å². The SMILES string of the molecule is COc1cc(C(=O)Oc2ccc(C(=O)/C=C/c3ccccc3)cc2)cc(OC)c1OC. The van der Waals surface area contributed by atoms with Gasteiger partial charge in [-0.1, -0.05) is 36.4 Å². The Hall–Kier alpha value is -4.06. The average molecular weight is 418 g/mol. The van der Waals surface area contributed by atoms with E-state index in [4.69, 9.17) is 18.9 Å². The Kier molecular flexibility index (Phi) is 7.06. The lowest BCUT2D eigenvalue weighted by Gasteiger charge is -2.13. The van der Waals surface area contributed by atoms with Crippen LogP contribution in [0.5, 0.6) is 23.0 Å². The first-order valence-electron chi connectivity index (χ1n) is 9.45. The molecule has 0 saturated carbocycles. The highest BCUT2D eigenvalue weighted by molar-refractivity contribution is 6.06. The molecule has 6 nitrogen and oxygen atoms in total. The van der Waals surface area contributed by atoms with E-state index >= 15 is 0 Å². The molecule has 0 radical (unpaired) electrons. The maximum absolute atomic E-state index is 12.6. The van der Waals surface area contributed by atoms with Gasteiger partial charge in [-0.25, -0.2) is 4.79 Å². The van der Waals surface area contributed by atoms with Crippen molar-refractivity contribution in [1.82, 2.24) is 0 Å². The van der Waals surface area contributed by atoms with Crippen LogP contribution < -0.4 is 18.9 Å². The van der Waals surface area contributed by atoms with Crippen molar-refractivity contribution in [3.8, 4) is 23.0 Å². The number of benzene rings is 3. The Balaban J connectivity index is 1.71. The number of carbonyl (C=O) groups excluding carboxylic acids is 2. The number of rotatable bonds is 8. The Labute approximate surface area is 180 Å². The maximum atomic E-state index is 12.6. The van der Waals surface area contributed by atoms with E-state index in [0.29, 0.717) is 28.6 Å². The van der Waals surface area contributed by atoms with E-state index in [1.807, 2.05) is 30.3 Å². The van der Waals surface area contributed by atoms with Crippen molar-refractivity contribution in [2.45, 2.75) is 0 Å². The predicted molar refractivity (Wildman–Crippen MR) is 117 cm³/mol. The third kappa shape index (κ3) is 5.30. The lowest BCUT2D eigenvalue weighted by atomic mass is 10.1. The summed E-state index contributed by atoms with van der Waals surface area (Å²) < 4.78 is 21.2. The standard InChI is InChI=1S/C25H22O6/c1-28-22-15-19(16-23(29-2)24(22)30-3)25(27)31-20-12-10-18(11-13-20)21(26)14-9-17-7-5-4-6-8-17/h4-16H,1-3H3/b14-9+. The fraction of sp³-hybridized carbons (Fsp3) is 0.120. The van der Waals surface area contributed by atoms with Crippen LogP contribution in [0.1, 0.15) is 26.3 Å². The number of ether oxygens (including phenoxy) is 4. The molecule has 0 heterocycles. The van der Waals surface area contributed by atoms with Gasteiger partial charge < -0.3 is 18.9 Å². The monoisotopic (exact) mass is 418 g/mol. The molecule has 158 valence electrons. The zero-order valence-corrected chi connectivity index (χ0v) is 17.5. The van der Waals surface area contributed by atoms with Crippen LogP contribution >= 0.6 is 0 Å². The molecule has 3 aromatic carbocycles. The summed E-state index contributed by atoms with van der Waals surface area (Å²) in [6.45, 7) is 0. The Morgan fingerprint density at radius 3 is 1.90 bits per heavy atom. The largest absolute Gasteiger partial charge is 0.493 e. The predicted octanol–water partition coefficient (Wildman–Crippen LogP) is 4.83. The van der Waals surface area contributed by atoms with Gasteiger partial charge in [0.15, 0.2) is 17.3 Å². The summed E-state index contributed by atoms with van der Waals surface area (Å²) in [5, 5.41) is 0. The van der Waals surface area contributed by atoms with Crippen molar-refractivity contribution in [2.75, 3.05) is 21.3 Å². The van der Waals surface area contributed by atoms with Crippen LogP contribution in [-0.4, -0.2) is 33.1 Å². The average Bonchev–Trinajstić information content (AvgIpc) is 2.82. The van der Waals surface area contributed by atoms with Crippen LogP contribution in [0, 0.1) is 0 Å². The van der Waals surface area contributed by atoms with Gasteiger partial charge in [0, 0.05) is 5.56 Å². The summed E-state index contributed by atoms with van der Waals surface area (Å²) in [5.41, 5.74) is 1.66. The maximum Gasteiger partial charge on any atom is 0.343 e. The minimum atomic E-state index is -0.595. The Bertz CT molecular complexity index is 1060. The summed E-state index contributed by atoms with van der Waals surface area (Å²) in [7, 11) is 4.42. The van der Waals surface area contributed by atoms with E-state index in [2.05, 4.69) is 0 Å². The minimum absolute atomic E-state index is 0.147. The first kappa shape index (κ1) is 21.6. The second kappa shape index (κ2) is 10.1. The van der Waals surface area contributed by atoms with Crippen LogP contribution in [-0.2, 0) is 0 Å². The molecule has 0 amide bonds. The van der Waals surface area contributed by atoms with Gasteiger partial charge in [0.05, 0.1) is 26.9 Å². The second-order valence-electron chi connectivity index (χ2n) is 6.44. The van der Waals surface area contributed by atoms with Crippen LogP contribution in [0.2, 0.25) is 0 Å². The first-order valence-corrected chi connectivity index (χ1v) is 9.45. The normalized spacial score (nSPS) is 10.5. The molecule has 0 fully saturated rings. The molecule has 31 heavy (non-hydrogen) atoms. The number of esters is 1. The Morgan fingerprint density at radius 1 is 0.742 bits per heavy atom. The van der Waals surface area contributed by atoms with E-state index in [9.17, 15) is 9.59 Å². The van der Waals surface area contributed by atoms with Crippen LogP contribution in [0.4, 0.5) is 0 Å². The minimum Gasteiger partial charge on any atom is -0.493 e. The molecule has 0 aliphatic carbocycles. The summed E-state index contributed by atoms with van der Waals surface area (Å²) in [5.74, 6) is 0.642. The highest BCUT2D eigenvalue weighted by Gasteiger charge is 2.18. The molecule has 0 atom stereocenters. The van der Waals surface area contributed by atoms with Gasteiger partial charge in [0.1, 0.15) is 5.75 Å². The van der Waals surface area contributed by atoms with Crippen molar-refractivity contribution in [1.29, 1.82) is 0 Å². The molecule has 0 saturated heterocycles. The second-order valence-corrected chi connectivity index (χ2v) is 6.44. The van der Waals surface area contributed by atoms with E-state index in [-0.39, 0.29) is 11.3 Å². The summed E-state index contributed by atoms with van der Waals surface area (Å²) in [6, 6.07) is 18.9. The molecular weight excluding hydrogens is 396 g/mol. The third-order valence-corrected chi connectivity index (χ3v) is 4.48. The van der Waals surface area contributed by atoms with Gasteiger partial charge in [0.25, 0.3) is 0 Å². The first-order chi connectivity index (χ1) is 15.0. The van der Waals surface area contributed by atoms with Crippen LogP contribution in [0.3, 0.4) is 0 Å². The lowest BCUT2D eigenvalue weighted by Crippen LogP contribution is -2.10. The number of ketones is 1. The summed E-state index contributed by atoms with van der Waals surface area (Å²) in [6.07, 6.45) is 3.26. The zero-order valence-electron chi connectivity index (χ0n) is 17.5. The van der Waals surface area contributed by atoms with Gasteiger partial charge in [-0.15, -0.1) is 0 Å². The van der Waals surface area contributed by atoms with Gasteiger partial charge in [-0.05, 0) is 48.0 Å². The highest BCUT2D eigenvalue weighted by Crippen LogP contribution is 2.38. The molecule has 0 spiro atoms. The fourth-order valence-electron chi connectivity index (χ4n) is 2.88. The third-order valence-electron chi connectivity index (χ3n) is 4.48. The van der Waals surface area contributed by atoms with Crippen molar-refractivity contribution in [3.05, 3.63) is 89.5 Å². The molecule has 0 unspecified atom stereocenters. The van der Waals surface area contributed by atoms with Crippen molar-refractivity contribution in [2.24, 2.45) is 0 Å². The fourth-order valence-corrected chi connectivity index (χ4v) is 2.88. The molecule has 0 aliphatic rings. The Morgan fingerprint density at radius 2 is 1.35 bits per heavy atom. The number of hydrogen-bond acceptors (Lipinski definition) is 6. The van der Waals surface area contributed by atoms with Gasteiger partial charge >= 0.3 is 5.97 Å². The molecule has 0 N–H and O–H groups in total. The molecular formula is C25H22O6. The summed E-state index contributed by atoms with van der Waals surface area (Å²) >= 11 is 0. The number of allylic oxidation sites excluding steroid dienone is 1. The molecule has 3 aromatic rings. The van der Waals surface area contributed by atoms with Crippen LogP contribution in [0.25, 0.3) is 6.08 Å². The van der Waals surface area contributed by atoms with E-state index in [1.54, 1.807) is 30.3 Å². The topological polar surface area (TPSA) is 71.1 Å². The van der Waals surface area contributed by atoms with Gasteiger partial charge in [-0.3, -0.25) is 4.79 Å². The number of hydrogen-bond donors (Lipinski definition) is 0. The van der Waals surface area contributed by atoms with E-state index in [1.165, 1.54) is 39.5 Å². The van der Waals surface area contributed by atoms with Crippen molar-refractivity contribution < 1.29 is 28.5 Å². The smallest absolute Gasteiger partial charge is 0.343 e. The van der Waals surface area contributed by atoms with E-state index in [0.717, 1.165) is 5.56 Å². The van der Waals surface area contributed by atoms with Crippen molar-refractivity contribution in [3.63, 3.8) is 0 Å². The van der Waals surface area contributed by atoms with Gasteiger partial charge in [0.2, 0.25) is 5.75 Å². The number of methoxy groups -OCH3 is 3. The highest BCUT2D eigenvalue weighted by atomic mass is 16.5. The summed E-state index contributed by atoms with van der Waals surface area (Å²) in [4.78, 5) is 24.9.